The van der Waals surface area contributed by atoms with E-state index < -0.39 is 11.6 Å². The van der Waals surface area contributed by atoms with Gasteiger partial charge >= 0.3 is 12.1 Å². The molecule has 2 fully saturated rings. The van der Waals surface area contributed by atoms with Crippen molar-refractivity contribution in [3.63, 3.8) is 0 Å². The van der Waals surface area contributed by atoms with E-state index in [9.17, 15) is 9.59 Å². The Hall–Kier alpha value is -1.47. The molecule has 1 aliphatic heterocycles. The smallest absolute Gasteiger partial charge is 0.410 e. The number of halogens is 1. The summed E-state index contributed by atoms with van der Waals surface area (Å²) in [6.45, 7) is 6.99. The second-order valence-electron chi connectivity index (χ2n) is 7.85. The van der Waals surface area contributed by atoms with Crippen LogP contribution in [0.4, 0.5) is 4.79 Å². The fraction of sp³-hybridized carbons (Fsp3) is 0.667. The van der Waals surface area contributed by atoms with E-state index in [0.717, 1.165) is 24.2 Å². The summed E-state index contributed by atoms with van der Waals surface area (Å²) in [6.07, 6.45) is 1.46. The van der Waals surface area contributed by atoms with Gasteiger partial charge in [-0.05, 0) is 45.4 Å². The maximum absolute atomic E-state index is 12.2. The van der Waals surface area contributed by atoms with E-state index >= 15 is 0 Å². The van der Waals surface area contributed by atoms with Crippen LogP contribution in [-0.4, -0.2) is 48.9 Å². The van der Waals surface area contributed by atoms with Crippen molar-refractivity contribution in [2.24, 2.45) is 11.8 Å². The van der Waals surface area contributed by atoms with Gasteiger partial charge in [-0.25, -0.2) is 9.59 Å². The fourth-order valence-electron chi connectivity index (χ4n) is 3.66. The van der Waals surface area contributed by atoms with Crippen LogP contribution in [0.1, 0.15) is 43.3 Å². The summed E-state index contributed by atoms with van der Waals surface area (Å²) in [6, 6.07) is 1.67. The molecule has 0 N–H and O–H groups in total. The molecule has 0 radical (unpaired) electrons. The number of esters is 1. The SMILES string of the molecule is COC(=O)c1sc(Cl)cc1OC1C[C@@H]2CN(C(=O)OC(C)(C)C)C[C@@H]2C1. The largest absolute Gasteiger partial charge is 0.489 e. The van der Waals surface area contributed by atoms with Crippen LogP contribution in [0.2, 0.25) is 4.34 Å². The highest BCUT2D eigenvalue weighted by molar-refractivity contribution is 7.18. The number of nitrogens with zero attached hydrogens (tertiary/aromatic N) is 1. The summed E-state index contributed by atoms with van der Waals surface area (Å²) in [5, 5.41) is 0. The number of rotatable bonds is 3. The monoisotopic (exact) mass is 401 g/mol. The number of hydrogen-bond donors (Lipinski definition) is 0. The normalized spacial score (nSPS) is 25.1. The first-order valence-corrected chi connectivity index (χ1v) is 9.88. The molecule has 0 aromatic carbocycles. The molecule has 144 valence electrons. The minimum absolute atomic E-state index is 0.0138. The van der Waals surface area contributed by atoms with E-state index in [1.165, 1.54) is 7.11 Å². The Morgan fingerprint density at radius 3 is 2.38 bits per heavy atom. The first-order valence-electron chi connectivity index (χ1n) is 8.68. The van der Waals surface area contributed by atoms with Crippen molar-refractivity contribution in [1.82, 2.24) is 4.90 Å². The van der Waals surface area contributed by atoms with Crippen molar-refractivity contribution < 1.29 is 23.8 Å². The number of likely N-dealkylation sites (tertiary alicyclic amines) is 1. The molecule has 3 atom stereocenters. The van der Waals surface area contributed by atoms with Crippen LogP contribution in [0.25, 0.3) is 0 Å². The second-order valence-corrected chi connectivity index (χ2v) is 9.54. The molecule has 0 bridgehead atoms. The van der Waals surface area contributed by atoms with Gasteiger partial charge in [0.05, 0.1) is 17.6 Å². The molecule has 1 saturated carbocycles. The number of amides is 1. The Kier molecular flexibility index (Phi) is 5.40. The lowest BCUT2D eigenvalue weighted by atomic mass is 10.0. The van der Waals surface area contributed by atoms with Crippen molar-refractivity contribution in [2.75, 3.05) is 20.2 Å². The zero-order valence-electron chi connectivity index (χ0n) is 15.4. The van der Waals surface area contributed by atoms with Crippen molar-refractivity contribution in [2.45, 2.75) is 45.3 Å². The quantitative estimate of drug-likeness (QED) is 0.710. The highest BCUT2D eigenvalue weighted by Gasteiger charge is 2.44. The standard InChI is InChI=1S/C18H24ClNO5S/c1-18(2,3)25-17(22)20-8-10-5-12(6-11(10)9-20)24-13-7-14(19)26-15(13)16(21)23-4/h7,10-12H,5-6,8-9H2,1-4H3/t10-,11+,12?. The predicted molar refractivity (Wildman–Crippen MR) is 99.1 cm³/mol. The van der Waals surface area contributed by atoms with Gasteiger partial charge in [0.1, 0.15) is 11.4 Å². The average molecular weight is 402 g/mol. The summed E-state index contributed by atoms with van der Waals surface area (Å²) in [4.78, 5) is 26.3. The average Bonchev–Trinajstić information content (AvgIpc) is 3.18. The topological polar surface area (TPSA) is 65.1 Å². The second kappa shape index (κ2) is 7.27. The molecule has 1 aliphatic carbocycles. The van der Waals surface area contributed by atoms with Crippen molar-refractivity contribution in [3.05, 3.63) is 15.3 Å². The lowest BCUT2D eigenvalue weighted by Crippen LogP contribution is -2.36. The van der Waals surface area contributed by atoms with E-state index in [1.54, 1.807) is 11.0 Å². The van der Waals surface area contributed by atoms with Gasteiger partial charge in [-0.1, -0.05) is 11.6 Å². The lowest BCUT2D eigenvalue weighted by molar-refractivity contribution is 0.0271. The number of carbonyl (C=O) groups excluding carboxylic acids is 2. The molecule has 1 unspecified atom stereocenters. The van der Waals surface area contributed by atoms with Gasteiger partial charge in [0.2, 0.25) is 0 Å². The van der Waals surface area contributed by atoms with Crippen LogP contribution in [0.5, 0.6) is 5.75 Å². The number of ether oxygens (including phenoxy) is 3. The number of thiophene rings is 1. The third kappa shape index (κ3) is 4.26. The van der Waals surface area contributed by atoms with Gasteiger partial charge in [-0.3, -0.25) is 0 Å². The zero-order valence-corrected chi connectivity index (χ0v) is 17.0. The molecular weight excluding hydrogens is 378 g/mol. The van der Waals surface area contributed by atoms with E-state index in [0.29, 0.717) is 39.9 Å². The van der Waals surface area contributed by atoms with Gasteiger partial charge < -0.3 is 19.1 Å². The molecular formula is C18H24ClNO5S. The highest BCUT2D eigenvalue weighted by Crippen LogP contribution is 2.42. The van der Waals surface area contributed by atoms with Crippen LogP contribution in [0.3, 0.4) is 0 Å². The van der Waals surface area contributed by atoms with Gasteiger partial charge in [0.15, 0.2) is 4.88 Å². The van der Waals surface area contributed by atoms with Gasteiger partial charge in [-0.2, -0.15) is 0 Å². The molecule has 6 nitrogen and oxygen atoms in total. The Morgan fingerprint density at radius 2 is 1.85 bits per heavy atom. The Balaban J connectivity index is 1.58. The van der Waals surface area contributed by atoms with E-state index in [1.807, 2.05) is 20.8 Å². The first-order chi connectivity index (χ1) is 12.2. The van der Waals surface area contributed by atoms with Crippen LogP contribution in [0.15, 0.2) is 6.07 Å². The molecule has 8 heteroatoms. The van der Waals surface area contributed by atoms with Crippen molar-refractivity contribution >= 4 is 35.0 Å². The molecule has 0 spiro atoms. The highest BCUT2D eigenvalue weighted by atomic mass is 35.5. The molecule has 1 saturated heterocycles. The van der Waals surface area contributed by atoms with Gasteiger partial charge in [0.25, 0.3) is 0 Å². The Bertz CT molecular complexity index is 684. The Labute approximate surface area is 162 Å². The summed E-state index contributed by atoms with van der Waals surface area (Å²) in [7, 11) is 1.34. The van der Waals surface area contributed by atoms with E-state index in [2.05, 4.69) is 0 Å². The number of methoxy groups -OCH3 is 1. The summed E-state index contributed by atoms with van der Waals surface area (Å²) >= 11 is 7.18. The van der Waals surface area contributed by atoms with Crippen LogP contribution in [0, 0.1) is 11.8 Å². The summed E-state index contributed by atoms with van der Waals surface area (Å²) in [5.41, 5.74) is -0.483. The van der Waals surface area contributed by atoms with Gasteiger partial charge in [0, 0.05) is 19.2 Å². The maximum Gasteiger partial charge on any atom is 0.410 e. The van der Waals surface area contributed by atoms with Crippen molar-refractivity contribution in [3.8, 4) is 5.75 Å². The molecule has 3 rings (SSSR count). The zero-order chi connectivity index (χ0) is 19.1. The predicted octanol–water partition coefficient (Wildman–Crippen LogP) is 4.21. The summed E-state index contributed by atoms with van der Waals surface area (Å²) < 4.78 is 16.8. The number of hydrogen-bond acceptors (Lipinski definition) is 6. The van der Waals surface area contributed by atoms with Gasteiger partial charge in [-0.15, -0.1) is 11.3 Å². The third-order valence-corrected chi connectivity index (χ3v) is 5.92. The maximum atomic E-state index is 12.2. The fourth-order valence-corrected chi connectivity index (χ4v) is 4.73. The van der Waals surface area contributed by atoms with E-state index in [4.69, 9.17) is 25.8 Å². The summed E-state index contributed by atoms with van der Waals surface area (Å²) in [5.74, 6) is 0.832. The van der Waals surface area contributed by atoms with Crippen LogP contribution >= 0.6 is 22.9 Å². The minimum atomic E-state index is -0.483. The minimum Gasteiger partial charge on any atom is -0.489 e. The molecule has 2 aliphatic rings. The van der Waals surface area contributed by atoms with E-state index in [-0.39, 0.29) is 12.2 Å². The number of fused-ring (bicyclic) bond motifs is 1. The molecule has 26 heavy (non-hydrogen) atoms. The third-order valence-electron chi connectivity index (χ3n) is 4.69. The first kappa shape index (κ1) is 19.3. The molecule has 2 heterocycles. The van der Waals surface area contributed by atoms with Crippen LogP contribution in [-0.2, 0) is 9.47 Å². The Morgan fingerprint density at radius 1 is 1.23 bits per heavy atom. The van der Waals surface area contributed by atoms with Crippen LogP contribution < -0.4 is 4.74 Å². The molecule has 1 aromatic heterocycles. The lowest BCUT2D eigenvalue weighted by Gasteiger charge is -2.25. The number of carbonyl (C=O) groups is 2. The molecule has 1 amide bonds. The molecule has 1 aromatic rings. The van der Waals surface area contributed by atoms with Crippen molar-refractivity contribution in [1.29, 1.82) is 0 Å².